The Morgan fingerprint density at radius 1 is 1.43 bits per heavy atom. The summed E-state index contributed by atoms with van der Waals surface area (Å²) in [6.07, 6.45) is -4.79. The lowest BCUT2D eigenvalue weighted by Gasteiger charge is -2.02. The molecule has 0 saturated carbocycles. The molecule has 0 rings (SSSR count). The standard InChI is InChI=1S/C2HClF3O/c3-1(7)2(4,5)6/h1H. The predicted molar refractivity (Wildman–Crippen MR) is 16.4 cm³/mol. The van der Waals surface area contributed by atoms with Crippen LogP contribution < -0.4 is 0 Å². The van der Waals surface area contributed by atoms with Gasteiger partial charge in [-0.25, -0.2) is 5.11 Å². The molecule has 0 amide bonds. The van der Waals surface area contributed by atoms with E-state index in [1.54, 1.807) is 0 Å². The Balaban J connectivity index is 3.54. The molecule has 0 saturated heterocycles. The van der Waals surface area contributed by atoms with Gasteiger partial charge in [-0.2, -0.15) is 13.2 Å². The molecule has 1 atom stereocenters. The molecule has 43 valence electrons. The normalized spacial score (nSPS) is 16.7. The van der Waals surface area contributed by atoms with Crippen molar-refractivity contribution in [1.29, 1.82) is 0 Å². The highest BCUT2D eigenvalue weighted by molar-refractivity contribution is 6.19. The van der Waals surface area contributed by atoms with Crippen LogP contribution in [-0.2, 0) is 5.11 Å². The Morgan fingerprint density at radius 2 is 1.57 bits per heavy atom. The number of hydrogen-bond acceptors (Lipinski definition) is 0. The van der Waals surface area contributed by atoms with Gasteiger partial charge in [-0.15, -0.1) is 0 Å². The summed E-state index contributed by atoms with van der Waals surface area (Å²) < 4.78 is 32.2. The van der Waals surface area contributed by atoms with Crippen LogP contribution in [0.1, 0.15) is 0 Å². The highest BCUT2D eigenvalue weighted by atomic mass is 35.5. The third-order valence-electron chi connectivity index (χ3n) is 0.257. The second-order valence-electron chi connectivity index (χ2n) is 0.858. The molecule has 0 aromatic rings. The first kappa shape index (κ1) is 7.04. The topological polar surface area (TPSA) is 19.9 Å². The summed E-state index contributed by atoms with van der Waals surface area (Å²) in [7, 11) is 0. The van der Waals surface area contributed by atoms with E-state index in [1.807, 2.05) is 0 Å². The van der Waals surface area contributed by atoms with Crippen molar-refractivity contribution in [3.8, 4) is 0 Å². The second kappa shape index (κ2) is 1.88. The van der Waals surface area contributed by atoms with Crippen molar-refractivity contribution in [3.63, 3.8) is 0 Å². The maximum absolute atomic E-state index is 10.7. The Bertz CT molecular complexity index is 58.4. The molecule has 0 fully saturated rings. The summed E-state index contributed by atoms with van der Waals surface area (Å²) in [5.74, 6) is 0. The molecule has 0 spiro atoms. The molecule has 0 N–H and O–H groups in total. The molecule has 1 unspecified atom stereocenters. The lowest BCUT2D eigenvalue weighted by atomic mass is 10.7. The summed E-state index contributed by atoms with van der Waals surface area (Å²) in [5.41, 5.74) is -2.98. The number of alkyl halides is 4. The van der Waals surface area contributed by atoms with Crippen LogP contribution in [0.2, 0.25) is 0 Å². The minimum absolute atomic E-state index is 2.98. The first-order chi connectivity index (χ1) is 2.94. The van der Waals surface area contributed by atoms with Gasteiger partial charge in [0.05, 0.1) is 0 Å². The quantitative estimate of drug-likeness (QED) is 0.447. The number of halogens is 4. The summed E-state index contributed by atoms with van der Waals surface area (Å²) in [6, 6.07) is 0. The molecule has 0 heterocycles. The molecule has 0 bridgehead atoms. The highest BCUT2D eigenvalue weighted by Crippen LogP contribution is 2.22. The van der Waals surface area contributed by atoms with Gasteiger partial charge in [-0.05, 0) is 0 Å². The number of hydrogen-bond donors (Lipinski definition) is 0. The van der Waals surface area contributed by atoms with Gasteiger partial charge in [0.15, 0.2) is 0 Å². The van der Waals surface area contributed by atoms with Crippen molar-refractivity contribution in [2.75, 3.05) is 0 Å². The van der Waals surface area contributed by atoms with Gasteiger partial charge in [0, 0.05) is 0 Å². The first-order valence-corrected chi connectivity index (χ1v) is 1.75. The van der Waals surface area contributed by atoms with Crippen LogP contribution in [0.15, 0.2) is 0 Å². The van der Waals surface area contributed by atoms with Gasteiger partial charge in [-0.1, -0.05) is 11.6 Å². The average molecular weight is 133 g/mol. The van der Waals surface area contributed by atoms with E-state index >= 15 is 0 Å². The third kappa shape index (κ3) is 2.70. The zero-order valence-corrected chi connectivity index (χ0v) is 3.75. The van der Waals surface area contributed by atoms with Gasteiger partial charge in [0.1, 0.15) is 0 Å². The van der Waals surface area contributed by atoms with Gasteiger partial charge < -0.3 is 0 Å². The number of rotatable bonds is 0. The van der Waals surface area contributed by atoms with Crippen molar-refractivity contribution in [2.45, 2.75) is 11.7 Å². The van der Waals surface area contributed by atoms with E-state index in [9.17, 15) is 18.3 Å². The molecule has 0 aliphatic heterocycles. The van der Waals surface area contributed by atoms with E-state index in [0.29, 0.717) is 0 Å². The van der Waals surface area contributed by atoms with Crippen LogP contribution in [0.4, 0.5) is 13.2 Å². The van der Waals surface area contributed by atoms with Crippen molar-refractivity contribution in [1.82, 2.24) is 0 Å². The van der Waals surface area contributed by atoms with Crippen LogP contribution >= 0.6 is 11.6 Å². The second-order valence-corrected chi connectivity index (χ2v) is 1.25. The zero-order valence-electron chi connectivity index (χ0n) is 3.00. The monoisotopic (exact) mass is 133 g/mol. The largest absolute Gasteiger partial charge is 0.431 e. The van der Waals surface area contributed by atoms with Gasteiger partial charge >= 0.3 is 6.18 Å². The van der Waals surface area contributed by atoms with Crippen LogP contribution in [0.5, 0.6) is 0 Å². The minimum Gasteiger partial charge on any atom is -0.205 e. The minimum atomic E-state index is -4.79. The van der Waals surface area contributed by atoms with Crippen LogP contribution in [-0.4, -0.2) is 11.7 Å². The molecule has 1 radical (unpaired) electrons. The van der Waals surface area contributed by atoms with E-state index < -0.39 is 11.7 Å². The molecule has 0 aliphatic rings. The summed E-state index contributed by atoms with van der Waals surface area (Å²) in [6.45, 7) is 0. The van der Waals surface area contributed by atoms with Crippen LogP contribution in [0.3, 0.4) is 0 Å². The first-order valence-electron chi connectivity index (χ1n) is 1.31. The fourth-order valence-electron chi connectivity index (χ4n) is 0. The van der Waals surface area contributed by atoms with E-state index in [1.165, 1.54) is 0 Å². The molecule has 0 aromatic heterocycles. The molecular formula is C2HClF3O. The lowest BCUT2D eigenvalue weighted by Crippen LogP contribution is -2.20. The fourth-order valence-corrected chi connectivity index (χ4v) is 0. The summed E-state index contributed by atoms with van der Waals surface area (Å²) in [5, 5.41) is 9.19. The van der Waals surface area contributed by atoms with Gasteiger partial charge in [0.2, 0.25) is 0 Å². The van der Waals surface area contributed by atoms with Gasteiger partial charge in [0.25, 0.3) is 5.56 Å². The van der Waals surface area contributed by atoms with Crippen molar-refractivity contribution in [2.24, 2.45) is 0 Å². The van der Waals surface area contributed by atoms with Crippen LogP contribution in [0.25, 0.3) is 0 Å². The maximum Gasteiger partial charge on any atom is 0.431 e. The van der Waals surface area contributed by atoms with E-state index in [2.05, 4.69) is 11.6 Å². The lowest BCUT2D eigenvalue weighted by molar-refractivity contribution is -0.191. The molecular weight excluding hydrogens is 132 g/mol. The van der Waals surface area contributed by atoms with Crippen molar-refractivity contribution in [3.05, 3.63) is 0 Å². The third-order valence-corrected chi connectivity index (χ3v) is 0.505. The smallest absolute Gasteiger partial charge is 0.205 e. The molecule has 5 heteroatoms. The summed E-state index contributed by atoms with van der Waals surface area (Å²) >= 11 is 4.07. The Hall–Kier alpha value is 0.0400. The average Bonchev–Trinajstić information content (AvgIpc) is 1.31. The van der Waals surface area contributed by atoms with Gasteiger partial charge in [-0.3, -0.25) is 0 Å². The molecule has 7 heavy (non-hydrogen) atoms. The van der Waals surface area contributed by atoms with E-state index in [-0.39, 0.29) is 0 Å². The Labute approximate surface area is 42.7 Å². The SMILES string of the molecule is [O]C(Cl)C(F)(F)F. The Morgan fingerprint density at radius 3 is 1.57 bits per heavy atom. The fraction of sp³-hybridized carbons (Fsp3) is 1.00. The van der Waals surface area contributed by atoms with Crippen LogP contribution in [0, 0.1) is 0 Å². The van der Waals surface area contributed by atoms with E-state index in [0.717, 1.165) is 0 Å². The molecule has 0 aliphatic carbocycles. The predicted octanol–water partition coefficient (Wildman–Crippen LogP) is 1.54. The maximum atomic E-state index is 10.7. The van der Waals surface area contributed by atoms with E-state index in [4.69, 9.17) is 0 Å². The van der Waals surface area contributed by atoms with Crippen molar-refractivity contribution >= 4 is 11.6 Å². The van der Waals surface area contributed by atoms with Crippen molar-refractivity contribution < 1.29 is 18.3 Å². The molecule has 1 nitrogen and oxygen atoms in total. The Kier molecular flexibility index (Phi) is 1.89. The highest BCUT2D eigenvalue weighted by Gasteiger charge is 2.38. The summed E-state index contributed by atoms with van der Waals surface area (Å²) in [4.78, 5) is 0. The zero-order chi connectivity index (χ0) is 6.08. The molecule has 0 aromatic carbocycles.